The van der Waals surface area contributed by atoms with E-state index in [1.807, 2.05) is 32.0 Å². The standard InChI is InChI=1S/C18H20N2O4/c1-12-6-4-7-13(2)15(12)24-11-9-20-16(21)18(3,19-17(20)22)14-8-5-10-23-14/h4-8,10H,9,11H2,1-3H3,(H,19,22). The van der Waals surface area contributed by atoms with Gasteiger partial charge in [-0.2, -0.15) is 0 Å². The Labute approximate surface area is 140 Å². The molecule has 2 heterocycles. The summed E-state index contributed by atoms with van der Waals surface area (Å²) in [5, 5.41) is 2.69. The number of furan rings is 1. The summed E-state index contributed by atoms with van der Waals surface area (Å²) in [5.74, 6) is 0.866. The molecule has 6 heteroatoms. The average molecular weight is 328 g/mol. The second kappa shape index (κ2) is 6.03. The van der Waals surface area contributed by atoms with Gasteiger partial charge in [0, 0.05) is 0 Å². The normalized spacial score (nSPS) is 20.4. The molecule has 24 heavy (non-hydrogen) atoms. The highest BCUT2D eigenvalue weighted by atomic mass is 16.5. The third kappa shape index (κ3) is 2.64. The first-order valence-corrected chi connectivity index (χ1v) is 7.80. The number of aryl methyl sites for hydroxylation is 2. The molecule has 1 aromatic heterocycles. The second-order valence-corrected chi connectivity index (χ2v) is 6.06. The van der Waals surface area contributed by atoms with E-state index in [0.717, 1.165) is 21.8 Å². The van der Waals surface area contributed by atoms with Crippen molar-refractivity contribution in [2.24, 2.45) is 0 Å². The summed E-state index contributed by atoms with van der Waals surface area (Å²) in [7, 11) is 0. The van der Waals surface area contributed by atoms with Crippen LogP contribution in [0.5, 0.6) is 5.75 Å². The second-order valence-electron chi connectivity index (χ2n) is 6.06. The Balaban J connectivity index is 1.68. The molecule has 2 aromatic rings. The molecular formula is C18H20N2O4. The molecule has 1 unspecified atom stereocenters. The lowest BCUT2D eigenvalue weighted by Gasteiger charge is -2.19. The average Bonchev–Trinajstić information content (AvgIpc) is 3.14. The van der Waals surface area contributed by atoms with Crippen LogP contribution in [-0.4, -0.2) is 30.0 Å². The zero-order chi connectivity index (χ0) is 17.3. The van der Waals surface area contributed by atoms with Gasteiger partial charge in [-0.25, -0.2) is 4.79 Å². The summed E-state index contributed by atoms with van der Waals surface area (Å²) in [6.45, 7) is 5.97. The van der Waals surface area contributed by atoms with Crippen LogP contribution >= 0.6 is 0 Å². The number of rotatable bonds is 5. The molecule has 0 aliphatic carbocycles. The molecule has 0 saturated carbocycles. The summed E-state index contributed by atoms with van der Waals surface area (Å²) in [6.07, 6.45) is 1.48. The Bertz CT molecular complexity index is 749. The van der Waals surface area contributed by atoms with Crippen molar-refractivity contribution in [3.63, 3.8) is 0 Å². The molecule has 126 valence electrons. The summed E-state index contributed by atoms with van der Waals surface area (Å²) in [6, 6.07) is 8.81. The maximum atomic E-state index is 12.6. The Morgan fingerprint density at radius 2 is 1.88 bits per heavy atom. The predicted octanol–water partition coefficient (Wildman–Crippen LogP) is 2.74. The van der Waals surface area contributed by atoms with Crippen LogP contribution in [0.4, 0.5) is 4.79 Å². The Kier molecular flexibility index (Phi) is 4.05. The number of hydrogen-bond donors (Lipinski definition) is 1. The topological polar surface area (TPSA) is 71.8 Å². The quantitative estimate of drug-likeness (QED) is 0.857. The first-order valence-electron chi connectivity index (χ1n) is 7.80. The number of para-hydroxylation sites is 1. The van der Waals surface area contributed by atoms with E-state index in [2.05, 4.69) is 5.32 Å². The summed E-state index contributed by atoms with van der Waals surface area (Å²) < 4.78 is 11.1. The largest absolute Gasteiger partial charge is 0.491 e. The van der Waals surface area contributed by atoms with Crippen LogP contribution in [0.1, 0.15) is 23.8 Å². The number of nitrogens with zero attached hydrogens (tertiary/aromatic N) is 1. The number of benzene rings is 1. The van der Waals surface area contributed by atoms with Gasteiger partial charge in [-0.15, -0.1) is 0 Å². The molecule has 1 N–H and O–H groups in total. The molecule has 6 nitrogen and oxygen atoms in total. The van der Waals surface area contributed by atoms with Gasteiger partial charge in [0.2, 0.25) is 0 Å². The van der Waals surface area contributed by atoms with Crippen molar-refractivity contribution in [2.45, 2.75) is 26.3 Å². The molecule has 0 spiro atoms. The van der Waals surface area contributed by atoms with E-state index in [1.165, 1.54) is 6.26 Å². The van der Waals surface area contributed by atoms with E-state index in [0.29, 0.717) is 5.76 Å². The molecule has 1 atom stereocenters. The van der Waals surface area contributed by atoms with Crippen LogP contribution in [0.2, 0.25) is 0 Å². The fourth-order valence-corrected chi connectivity index (χ4v) is 2.90. The van der Waals surface area contributed by atoms with Crippen molar-refractivity contribution >= 4 is 11.9 Å². The van der Waals surface area contributed by atoms with E-state index in [-0.39, 0.29) is 19.1 Å². The van der Waals surface area contributed by atoms with Crippen molar-refractivity contribution in [3.05, 3.63) is 53.5 Å². The molecule has 1 aliphatic rings. The maximum absolute atomic E-state index is 12.6. The fourth-order valence-electron chi connectivity index (χ4n) is 2.90. The van der Waals surface area contributed by atoms with Crippen LogP contribution < -0.4 is 10.1 Å². The molecular weight excluding hydrogens is 308 g/mol. The number of ether oxygens (including phenoxy) is 1. The minimum atomic E-state index is -1.17. The molecule has 3 rings (SSSR count). The van der Waals surface area contributed by atoms with Gasteiger partial charge in [0.15, 0.2) is 5.54 Å². The number of carbonyl (C=O) groups excluding carboxylic acids is 2. The zero-order valence-electron chi connectivity index (χ0n) is 14.0. The fraction of sp³-hybridized carbons (Fsp3) is 0.333. The highest BCUT2D eigenvalue weighted by molar-refractivity contribution is 6.06. The lowest BCUT2D eigenvalue weighted by Crippen LogP contribution is -2.41. The number of hydrogen-bond acceptors (Lipinski definition) is 4. The van der Waals surface area contributed by atoms with Crippen LogP contribution in [-0.2, 0) is 10.3 Å². The van der Waals surface area contributed by atoms with Crippen molar-refractivity contribution in [1.82, 2.24) is 10.2 Å². The van der Waals surface area contributed by atoms with Gasteiger partial charge in [0.1, 0.15) is 18.1 Å². The number of carbonyl (C=O) groups is 2. The molecule has 3 amide bonds. The van der Waals surface area contributed by atoms with Crippen molar-refractivity contribution in [2.75, 3.05) is 13.2 Å². The number of urea groups is 1. The third-order valence-electron chi connectivity index (χ3n) is 4.26. The smallest absolute Gasteiger partial charge is 0.325 e. The minimum absolute atomic E-state index is 0.175. The number of nitrogens with one attached hydrogen (secondary N) is 1. The SMILES string of the molecule is Cc1cccc(C)c1OCCN1C(=O)NC(C)(c2ccco2)C1=O. The van der Waals surface area contributed by atoms with Gasteiger partial charge >= 0.3 is 6.03 Å². The summed E-state index contributed by atoms with van der Waals surface area (Å²) in [5.41, 5.74) is 0.874. The Morgan fingerprint density at radius 3 is 2.50 bits per heavy atom. The monoisotopic (exact) mass is 328 g/mol. The van der Waals surface area contributed by atoms with Crippen molar-refractivity contribution < 1.29 is 18.7 Å². The Hall–Kier alpha value is -2.76. The summed E-state index contributed by atoms with van der Waals surface area (Å²) >= 11 is 0. The van der Waals surface area contributed by atoms with Crippen LogP contribution in [0.15, 0.2) is 41.0 Å². The number of amides is 3. The van der Waals surface area contributed by atoms with Crippen LogP contribution in [0.3, 0.4) is 0 Å². The van der Waals surface area contributed by atoms with Gasteiger partial charge in [-0.05, 0) is 44.0 Å². The number of imide groups is 1. The predicted molar refractivity (Wildman–Crippen MR) is 87.7 cm³/mol. The first-order chi connectivity index (χ1) is 11.4. The first kappa shape index (κ1) is 16.1. The van der Waals surface area contributed by atoms with E-state index in [9.17, 15) is 9.59 Å². The van der Waals surface area contributed by atoms with Gasteiger partial charge in [0.25, 0.3) is 5.91 Å². The molecule has 0 bridgehead atoms. The molecule has 1 saturated heterocycles. The minimum Gasteiger partial charge on any atom is -0.491 e. The maximum Gasteiger partial charge on any atom is 0.325 e. The van der Waals surface area contributed by atoms with Gasteiger partial charge < -0.3 is 14.5 Å². The van der Waals surface area contributed by atoms with E-state index >= 15 is 0 Å². The van der Waals surface area contributed by atoms with E-state index in [4.69, 9.17) is 9.15 Å². The summed E-state index contributed by atoms with van der Waals surface area (Å²) in [4.78, 5) is 26.0. The lowest BCUT2D eigenvalue weighted by molar-refractivity contribution is -0.131. The third-order valence-corrected chi connectivity index (χ3v) is 4.26. The lowest BCUT2D eigenvalue weighted by atomic mass is 9.99. The van der Waals surface area contributed by atoms with Gasteiger partial charge in [-0.1, -0.05) is 18.2 Å². The molecule has 1 aromatic carbocycles. The molecule has 0 radical (unpaired) electrons. The van der Waals surface area contributed by atoms with Gasteiger partial charge in [0.05, 0.1) is 12.8 Å². The van der Waals surface area contributed by atoms with E-state index in [1.54, 1.807) is 19.1 Å². The van der Waals surface area contributed by atoms with Crippen LogP contribution in [0, 0.1) is 13.8 Å². The highest BCUT2D eigenvalue weighted by Gasteiger charge is 2.50. The molecule has 1 aliphatic heterocycles. The van der Waals surface area contributed by atoms with Crippen molar-refractivity contribution in [3.8, 4) is 5.75 Å². The molecule has 1 fully saturated rings. The Morgan fingerprint density at radius 1 is 1.17 bits per heavy atom. The van der Waals surface area contributed by atoms with Gasteiger partial charge in [-0.3, -0.25) is 9.69 Å². The van der Waals surface area contributed by atoms with Crippen molar-refractivity contribution in [1.29, 1.82) is 0 Å². The highest BCUT2D eigenvalue weighted by Crippen LogP contribution is 2.29. The van der Waals surface area contributed by atoms with E-state index < -0.39 is 11.6 Å². The van der Waals surface area contributed by atoms with Crippen LogP contribution in [0.25, 0.3) is 0 Å². The zero-order valence-corrected chi connectivity index (χ0v) is 14.0.